The summed E-state index contributed by atoms with van der Waals surface area (Å²) >= 11 is 0. The van der Waals surface area contributed by atoms with Gasteiger partial charge >= 0.3 is 0 Å². The van der Waals surface area contributed by atoms with Crippen LogP contribution in [-0.2, 0) is 11.8 Å². The first-order valence-corrected chi connectivity index (χ1v) is 8.51. The number of hydrogen-bond acceptors (Lipinski definition) is 6. The Hall–Kier alpha value is -2.78. The molecule has 1 N–H and O–H groups in total. The molecule has 0 spiro atoms. The molecule has 0 saturated carbocycles. The Bertz CT molecular complexity index is 919. The quantitative estimate of drug-likeness (QED) is 0.722. The van der Waals surface area contributed by atoms with E-state index in [0.717, 1.165) is 12.2 Å². The molecule has 3 aromatic rings. The highest BCUT2D eigenvalue weighted by molar-refractivity contribution is 5.97. The Morgan fingerprint density at radius 3 is 2.85 bits per heavy atom. The van der Waals surface area contributed by atoms with Crippen molar-refractivity contribution < 1.29 is 9.53 Å². The molecule has 1 fully saturated rings. The number of nitrogens with zero attached hydrogens (tertiary/aromatic N) is 6. The standard InChI is InChI=1S/C17H21N7O2/c1-22-9-10-26-13(15(22)12-3-4-21-23(12)2)11-20-17(25)14-16-19-6-8-24(16)7-5-18-14/h3-8,13,15H,9-11H2,1-2H3,(H,20,25)/t13-,15-/m0/s1. The van der Waals surface area contributed by atoms with Crippen LogP contribution in [0.4, 0.5) is 0 Å². The van der Waals surface area contributed by atoms with Crippen LogP contribution in [0, 0.1) is 0 Å². The lowest BCUT2D eigenvalue weighted by atomic mass is 10.0. The maximum absolute atomic E-state index is 12.6. The monoisotopic (exact) mass is 355 g/mol. The molecule has 9 nitrogen and oxygen atoms in total. The van der Waals surface area contributed by atoms with E-state index in [0.29, 0.717) is 24.5 Å². The molecular weight excluding hydrogens is 334 g/mol. The molecule has 0 aromatic carbocycles. The van der Waals surface area contributed by atoms with Crippen molar-refractivity contribution in [1.29, 1.82) is 0 Å². The number of hydrogen-bond donors (Lipinski definition) is 1. The molecule has 1 aliphatic rings. The summed E-state index contributed by atoms with van der Waals surface area (Å²) in [7, 11) is 3.97. The van der Waals surface area contributed by atoms with Gasteiger partial charge in [-0.25, -0.2) is 9.97 Å². The summed E-state index contributed by atoms with van der Waals surface area (Å²) in [5, 5.41) is 7.20. The lowest BCUT2D eigenvalue weighted by molar-refractivity contribution is -0.0629. The van der Waals surface area contributed by atoms with Gasteiger partial charge in [-0.2, -0.15) is 5.10 Å². The van der Waals surface area contributed by atoms with Crippen LogP contribution in [0.5, 0.6) is 0 Å². The van der Waals surface area contributed by atoms with Gasteiger partial charge in [-0.3, -0.25) is 14.4 Å². The summed E-state index contributed by atoms with van der Waals surface area (Å²) in [5.74, 6) is -0.262. The lowest BCUT2D eigenvalue weighted by Crippen LogP contribution is -2.49. The SMILES string of the molecule is CN1CCO[C@@H](CNC(=O)c2nccn3ccnc23)[C@@H]1c1ccnn1C. The summed E-state index contributed by atoms with van der Waals surface area (Å²) < 4.78 is 9.57. The number of rotatable bonds is 4. The zero-order valence-electron chi connectivity index (χ0n) is 14.7. The van der Waals surface area contributed by atoms with Gasteiger partial charge in [0, 0.05) is 51.1 Å². The number of carbonyl (C=O) groups is 1. The number of aryl methyl sites for hydroxylation is 1. The predicted octanol–water partition coefficient (Wildman–Crippen LogP) is 0.265. The first kappa shape index (κ1) is 16.7. The molecule has 0 unspecified atom stereocenters. The number of fused-ring (bicyclic) bond motifs is 1. The van der Waals surface area contributed by atoms with Crippen molar-refractivity contribution in [3.05, 3.63) is 48.4 Å². The fourth-order valence-electron chi connectivity index (χ4n) is 3.41. The highest BCUT2D eigenvalue weighted by Crippen LogP contribution is 2.27. The Kier molecular flexibility index (Phi) is 4.39. The fraction of sp³-hybridized carbons (Fsp3) is 0.412. The molecule has 3 aromatic heterocycles. The first-order chi connectivity index (χ1) is 12.6. The van der Waals surface area contributed by atoms with Gasteiger partial charge in [0.15, 0.2) is 11.3 Å². The van der Waals surface area contributed by atoms with E-state index in [1.807, 2.05) is 17.8 Å². The van der Waals surface area contributed by atoms with Crippen LogP contribution in [-0.4, -0.2) is 67.8 Å². The third-order valence-electron chi connectivity index (χ3n) is 4.76. The molecule has 1 saturated heterocycles. The number of likely N-dealkylation sites (N-methyl/N-ethyl adjacent to an activating group) is 1. The summed E-state index contributed by atoms with van der Waals surface area (Å²) in [6.45, 7) is 1.83. The van der Waals surface area contributed by atoms with Crippen LogP contribution in [0.2, 0.25) is 0 Å². The average molecular weight is 355 g/mol. The van der Waals surface area contributed by atoms with E-state index in [1.54, 1.807) is 35.4 Å². The number of imidazole rings is 1. The summed E-state index contributed by atoms with van der Waals surface area (Å²) in [6.07, 6.45) is 8.38. The number of aromatic nitrogens is 5. The second-order valence-electron chi connectivity index (χ2n) is 6.36. The molecule has 0 bridgehead atoms. The van der Waals surface area contributed by atoms with Gasteiger partial charge in [0.1, 0.15) is 0 Å². The Balaban J connectivity index is 1.51. The number of morpholine rings is 1. The van der Waals surface area contributed by atoms with E-state index in [9.17, 15) is 4.79 Å². The second kappa shape index (κ2) is 6.85. The van der Waals surface area contributed by atoms with Gasteiger partial charge in [-0.05, 0) is 13.1 Å². The zero-order chi connectivity index (χ0) is 18.1. The normalized spacial score (nSPS) is 21.2. The van der Waals surface area contributed by atoms with Crippen molar-refractivity contribution in [3.8, 4) is 0 Å². The van der Waals surface area contributed by atoms with Crippen LogP contribution in [0.25, 0.3) is 5.65 Å². The molecule has 2 atom stereocenters. The van der Waals surface area contributed by atoms with Crippen molar-refractivity contribution in [2.45, 2.75) is 12.1 Å². The van der Waals surface area contributed by atoms with E-state index in [-0.39, 0.29) is 18.1 Å². The largest absolute Gasteiger partial charge is 0.373 e. The van der Waals surface area contributed by atoms with E-state index in [4.69, 9.17) is 4.74 Å². The number of ether oxygens (including phenoxy) is 1. The minimum atomic E-state index is -0.262. The first-order valence-electron chi connectivity index (χ1n) is 8.51. The molecule has 9 heteroatoms. The van der Waals surface area contributed by atoms with Gasteiger partial charge in [0.25, 0.3) is 5.91 Å². The third kappa shape index (κ3) is 2.95. The summed E-state index contributed by atoms with van der Waals surface area (Å²) in [4.78, 5) is 23.2. The van der Waals surface area contributed by atoms with Crippen molar-refractivity contribution in [2.75, 3.05) is 26.7 Å². The van der Waals surface area contributed by atoms with Crippen molar-refractivity contribution >= 4 is 11.6 Å². The Morgan fingerprint density at radius 2 is 2.08 bits per heavy atom. The molecular formula is C17H21N7O2. The van der Waals surface area contributed by atoms with Crippen LogP contribution < -0.4 is 5.32 Å². The summed E-state index contributed by atoms with van der Waals surface area (Å²) in [6, 6.07) is 2.00. The van der Waals surface area contributed by atoms with Crippen LogP contribution in [0.1, 0.15) is 22.2 Å². The van der Waals surface area contributed by atoms with Gasteiger partial charge in [-0.1, -0.05) is 0 Å². The molecule has 1 amide bonds. The number of carbonyl (C=O) groups excluding carboxylic acids is 1. The Morgan fingerprint density at radius 1 is 1.27 bits per heavy atom. The zero-order valence-corrected chi connectivity index (χ0v) is 14.7. The molecule has 26 heavy (non-hydrogen) atoms. The smallest absolute Gasteiger partial charge is 0.273 e. The van der Waals surface area contributed by atoms with Gasteiger partial charge in [0.2, 0.25) is 0 Å². The molecule has 136 valence electrons. The number of nitrogens with one attached hydrogen (secondary N) is 1. The van der Waals surface area contributed by atoms with Gasteiger partial charge in [0.05, 0.1) is 24.4 Å². The molecule has 0 radical (unpaired) electrons. The van der Waals surface area contributed by atoms with Crippen LogP contribution >= 0.6 is 0 Å². The van der Waals surface area contributed by atoms with E-state index in [2.05, 4.69) is 32.3 Å². The van der Waals surface area contributed by atoms with Gasteiger partial charge in [-0.15, -0.1) is 0 Å². The molecule has 4 heterocycles. The minimum absolute atomic E-state index is 0.0201. The maximum Gasteiger partial charge on any atom is 0.273 e. The third-order valence-corrected chi connectivity index (χ3v) is 4.76. The Labute approximate surface area is 150 Å². The maximum atomic E-state index is 12.6. The number of amides is 1. The minimum Gasteiger partial charge on any atom is -0.373 e. The van der Waals surface area contributed by atoms with E-state index >= 15 is 0 Å². The van der Waals surface area contributed by atoms with E-state index < -0.39 is 0 Å². The second-order valence-corrected chi connectivity index (χ2v) is 6.36. The molecule has 4 rings (SSSR count). The topological polar surface area (TPSA) is 89.6 Å². The highest BCUT2D eigenvalue weighted by atomic mass is 16.5. The van der Waals surface area contributed by atoms with Crippen molar-refractivity contribution in [1.82, 2.24) is 34.4 Å². The summed E-state index contributed by atoms with van der Waals surface area (Å²) in [5.41, 5.74) is 1.90. The molecule has 0 aliphatic carbocycles. The molecule has 1 aliphatic heterocycles. The van der Waals surface area contributed by atoms with Gasteiger partial charge < -0.3 is 14.5 Å². The van der Waals surface area contributed by atoms with E-state index in [1.165, 1.54) is 0 Å². The van der Waals surface area contributed by atoms with Crippen LogP contribution in [0.15, 0.2) is 37.1 Å². The average Bonchev–Trinajstić information content (AvgIpc) is 3.28. The van der Waals surface area contributed by atoms with Crippen molar-refractivity contribution in [2.24, 2.45) is 7.05 Å². The lowest BCUT2D eigenvalue weighted by Gasteiger charge is -2.39. The van der Waals surface area contributed by atoms with Crippen LogP contribution in [0.3, 0.4) is 0 Å². The van der Waals surface area contributed by atoms with Crippen molar-refractivity contribution in [3.63, 3.8) is 0 Å². The highest BCUT2D eigenvalue weighted by Gasteiger charge is 2.33. The predicted molar refractivity (Wildman–Crippen MR) is 93.6 cm³/mol. The fourth-order valence-corrected chi connectivity index (χ4v) is 3.41.